The van der Waals surface area contributed by atoms with E-state index in [-0.39, 0.29) is 0 Å². The lowest BCUT2D eigenvalue weighted by Crippen LogP contribution is -2.47. The third-order valence-corrected chi connectivity index (χ3v) is 3.08. The summed E-state index contributed by atoms with van der Waals surface area (Å²) in [5, 5.41) is 9.42. The second kappa shape index (κ2) is 9.64. The minimum atomic E-state index is -0.953. The Labute approximate surface area is 128 Å². The summed E-state index contributed by atoms with van der Waals surface area (Å²) in [6, 6.07) is -0.795. The Bertz CT molecular complexity index is 323. The molecule has 0 aliphatic carbocycles. The summed E-state index contributed by atoms with van der Waals surface area (Å²) < 4.78 is 5.33. The predicted octanol–water partition coefficient (Wildman–Crippen LogP) is 4.06. The van der Waals surface area contributed by atoms with E-state index in [4.69, 9.17) is 4.74 Å². The van der Waals surface area contributed by atoms with Crippen LogP contribution in [-0.4, -0.2) is 40.3 Å². The number of nitrogens with zero attached hydrogens (tertiary/aromatic N) is 1. The van der Waals surface area contributed by atoms with E-state index in [1.807, 2.05) is 6.92 Å². The zero-order chi connectivity index (χ0) is 16.5. The van der Waals surface area contributed by atoms with Crippen LogP contribution in [0.2, 0.25) is 0 Å². The van der Waals surface area contributed by atoms with Crippen LogP contribution in [-0.2, 0) is 9.53 Å². The molecule has 0 aromatic carbocycles. The molecule has 0 aliphatic heterocycles. The van der Waals surface area contributed by atoms with Crippen LogP contribution < -0.4 is 0 Å². The molecular weight excluding hydrogens is 270 g/mol. The summed E-state index contributed by atoms with van der Waals surface area (Å²) >= 11 is 0. The van der Waals surface area contributed by atoms with Crippen molar-refractivity contribution in [2.45, 2.75) is 84.8 Å². The highest BCUT2D eigenvalue weighted by Crippen LogP contribution is 2.17. The van der Waals surface area contributed by atoms with Crippen LogP contribution in [0.3, 0.4) is 0 Å². The molecule has 0 spiro atoms. The lowest BCUT2D eigenvalue weighted by atomic mass is 10.1. The number of amides is 1. The maximum Gasteiger partial charge on any atom is 0.411 e. The maximum absolute atomic E-state index is 12.2. The average Bonchev–Trinajstić information content (AvgIpc) is 2.34. The molecule has 0 aliphatic rings. The highest BCUT2D eigenvalue weighted by Gasteiger charge is 2.31. The van der Waals surface area contributed by atoms with E-state index in [9.17, 15) is 14.7 Å². The Morgan fingerprint density at radius 1 is 1.10 bits per heavy atom. The van der Waals surface area contributed by atoms with E-state index in [1.54, 1.807) is 20.8 Å². The van der Waals surface area contributed by atoms with Gasteiger partial charge < -0.3 is 9.84 Å². The molecule has 0 radical (unpaired) electrons. The zero-order valence-electron chi connectivity index (χ0n) is 14.1. The van der Waals surface area contributed by atoms with Gasteiger partial charge in [0.2, 0.25) is 0 Å². The number of aliphatic carboxylic acids is 1. The van der Waals surface area contributed by atoms with Gasteiger partial charge in [-0.2, -0.15) is 0 Å². The van der Waals surface area contributed by atoms with Crippen LogP contribution in [0.25, 0.3) is 0 Å². The van der Waals surface area contributed by atoms with Crippen molar-refractivity contribution in [3.8, 4) is 0 Å². The van der Waals surface area contributed by atoms with Gasteiger partial charge in [0.15, 0.2) is 0 Å². The molecule has 0 saturated carbocycles. The minimum absolute atomic E-state index is 0.402. The van der Waals surface area contributed by atoms with Gasteiger partial charge in [-0.05, 0) is 33.6 Å². The maximum atomic E-state index is 12.2. The van der Waals surface area contributed by atoms with Crippen LogP contribution in [0.15, 0.2) is 0 Å². The van der Waals surface area contributed by atoms with Crippen molar-refractivity contribution in [3.63, 3.8) is 0 Å². The molecule has 0 bridgehead atoms. The predicted molar refractivity (Wildman–Crippen MR) is 83.4 cm³/mol. The van der Waals surface area contributed by atoms with Crippen LogP contribution in [0, 0.1) is 0 Å². The molecular formula is C16H31NO4. The van der Waals surface area contributed by atoms with Gasteiger partial charge in [0.05, 0.1) is 0 Å². The average molecular weight is 301 g/mol. The van der Waals surface area contributed by atoms with Gasteiger partial charge in [-0.25, -0.2) is 9.59 Å². The SMILES string of the molecule is CCCCCCC(C(=O)O)N(CCC)C(=O)OC(C)(C)C. The summed E-state index contributed by atoms with van der Waals surface area (Å²) in [6.07, 6.45) is 4.65. The summed E-state index contributed by atoms with van der Waals surface area (Å²) in [4.78, 5) is 25.1. The van der Waals surface area contributed by atoms with Gasteiger partial charge in [-0.1, -0.05) is 39.5 Å². The molecule has 0 rings (SSSR count). The number of carbonyl (C=O) groups is 2. The van der Waals surface area contributed by atoms with Crippen LogP contribution in [0.1, 0.15) is 73.1 Å². The van der Waals surface area contributed by atoms with Crippen LogP contribution in [0.4, 0.5) is 4.79 Å². The van der Waals surface area contributed by atoms with E-state index < -0.39 is 23.7 Å². The number of carbonyl (C=O) groups excluding carboxylic acids is 1. The van der Waals surface area contributed by atoms with Gasteiger partial charge >= 0.3 is 12.1 Å². The van der Waals surface area contributed by atoms with E-state index in [2.05, 4.69) is 6.92 Å². The number of unbranched alkanes of at least 4 members (excludes halogenated alkanes) is 3. The molecule has 21 heavy (non-hydrogen) atoms. The summed E-state index contributed by atoms with van der Waals surface area (Å²) in [5.41, 5.74) is -0.617. The fourth-order valence-electron chi connectivity index (χ4n) is 2.11. The highest BCUT2D eigenvalue weighted by molar-refractivity contribution is 5.80. The highest BCUT2D eigenvalue weighted by atomic mass is 16.6. The first-order valence-corrected chi connectivity index (χ1v) is 7.95. The van der Waals surface area contributed by atoms with Crippen LogP contribution in [0.5, 0.6) is 0 Å². The van der Waals surface area contributed by atoms with Crippen molar-refractivity contribution in [1.29, 1.82) is 0 Å². The molecule has 5 heteroatoms. The van der Waals surface area contributed by atoms with Crippen molar-refractivity contribution in [3.05, 3.63) is 0 Å². The van der Waals surface area contributed by atoms with Crippen LogP contribution >= 0.6 is 0 Å². The lowest BCUT2D eigenvalue weighted by Gasteiger charge is -2.31. The molecule has 0 fully saturated rings. The fraction of sp³-hybridized carbons (Fsp3) is 0.875. The summed E-state index contributed by atoms with van der Waals surface area (Å²) in [6.45, 7) is 9.79. The third kappa shape index (κ3) is 8.58. The molecule has 124 valence electrons. The topological polar surface area (TPSA) is 66.8 Å². The first-order valence-electron chi connectivity index (χ1n) is 7.95. The Kier molecular flexibility index (Phi) is 9.06. The number of hydrogen-bond acceptors (Lipinski definition) is 3. The second-order valence-corrected chi connectivity index (χ2v) is 6.38. The van der Waals surface area contributed by atoms with E-state index in [1.165, 1.54) is 4.90 Å². The van der Waals surface area contributed by atoms with Gasteiger partial charge in [0.1, 0.15) is 11.6 Å². The summed E-state index contributed by atoms with van der Waals surface area (Å²) in [5.74, 6) is -0.953. The number of ether oxygens (including phenoxy) is 1. The number of carboxylic acid groups (broad SMARTS) is 1. The largest absolute Gasteiger partial charge is 0.480 e. The van der Waals surface area contributed by atoms with Crippen molar-refractivity contribution < 1.29 is 19.4 Å². The first kappa shape index (κ1) is 19.7. The zero-order valence-corrected chi connectivity index (χ0v) is 14.1. The molecule has 0 aromatic rings. The smallest absolute Gasteiger partial charge is 0.411 e. The number of carboxylic acids is 1. The third-order valence-electron chi connectivity index (χ3n) is 3.08. The summed E-state index contributed by atoms with van der Waals surface area (Å²) in [7, 11) is 0. The molecule has 0 heterocycles. The van der Waals surface area contributed by atoms with Crippen molar-refractivity contribution in [2.24, 2.45) is 0 Å². The Hall–Kier alpha value is -1.26. The van der Waals surface area contributed by atoms with Gasteiger partial charge in [0.25, 0.3) is 0 Å². The van der Waals surface area contributed by atoms with E-state index in [0.29, 0.717) is 19.4 Å². The second-order valence-electron chi connectivity index (χ2n) is 6.38. The van der Waals surface area contributed by atoms with E-state index >= 15 is 0 Å². The first-order chi connectivity index (χ1) is 9.72. The Balaban J connectivity index is 4.81. The monoisotopic (exact) mass is 301 g/mol. The van der Waals surface area contributed by atoms with Gasteiger partial charge in [-0.15, -0.1) is 0 Å². The van der Waals surface area contributed by atoms with Crippen molar-refractivity contribution >= 4 is 12.1 Å². The lowest BCUT2D eigenvalue weighted by molar-refractivity contribution is -0.143. The Morgan fingerprint density at radius 2 is 1.71 bits per heavy atom. The normalized spacial score (nSPS) is 12.8. The quantitative estimate of drug-likeness (QED) is 0.652. The molecule has 0 saturated heterocycles. The van der Waals surface area contributed by atoms with E-state index in [0.717, 1.165) is 25.7 Å². The van der Waals surface area contributed by atoms with Gasteiger partial charge in [0, 0.05) is 6.54 Å². The number of rotatable bonds is 9. The van der Waals surface area contributed by atoms with Crippen molar-refractivity contribution in [2.75, 3.05) is 6.54 Å². The Morgan fingerprint density at radius 3 is 2.14 bits per heavy atom. The van der Waals surface area contributed by atoms with Gasteiger partial charge in [-0.3, -0.25) is 4.90 Å². The van der Waals surface area contributed by atoms with Crippen molar-refractivity contribution in [1.82, 2.24) is 4.90 Å². The molecule has 1 amide bonds. The molecule has 1 atom stereocenters. The number of hydrogen-bond donors (Lipinski definition) is 1. The molecule has 1 N–H and O–H groups in total. The standard InChI is InChI=1S/C16H31NO4/c1-6-8-9-10-11-13(14(18)19)17(12-7-2)15(20)21-16(3,4)5/h13H,6-12H2,1-5H3,(H,18,19). The molecule has 1 unspecified atom stereocenters. The fourth-order valence-corrected chi connectivity index (χ4v) is 2.11. The minimum Gasteiger partial charge on any atom is -0.480 e. The molecule has 5 nitrogen and oxygen atoms in total. The molecule has 0 aromatic heterocycles.